The Balaban J connectivity index is 3.00. The largest absolute Gasteiger partial charge is 0.463 e. The fourth-order valence-electron chi connectivity index (χ4n) is 0.233. The minimum Gasteiger partial charge on any atom is -0.463 e. The Labute approximate surface area is 43.5 Å². The lowest BCUT2D eigenvalue weighted by atomic mass is 10.5. The predicted molar refractivity (Wildman–Crippen MR) is 26.6 cm³/mol. The summed E-state index contributed by atoms with van der Waals surface area (Å²) in [6.45, 7) is 5.55. The van der Waals surface area contributed by atoms with Crippen LogP contribution >= 0.6 is 0 Å². The van der Waals surface area contributed by atoms with Crippen molar-refractivity contribution in [3.63, 3.8) is 0 Å². The van der Waals surface area contributed by atoms with Gasteiger partial charge in [0.25, 0.3) is 0 Å². The number of ether oxygens (including phenoxy) is 1. The van der Waals surface area contributed by atoms with Gasteiger partial charge in [-0.3, -0.25) is 0 Å². The molecule has 2 nitrogen and oxygen atoms in total. The van der Waals surface area contributed by atoms with Gasteiger partial charge in [-0.15, -0.1) is 0 Å². The maximum atomic E-state index is 10.1. The maximum absolute atomic E-state index is 10.1. The first-order chi connectivity index (χ1) is 3.31. The van der Waals surface area contributed by atoms with Crippen molar-refractivity contribution in [1.29, 1.82) is 0 Å². The van der Waals surface area contributed by atoms with Crippen molar-refractivity contribution in [3.8, 4) is 0 Å². The van der Waals surface area contributed by atoms with Crippen molar-refractivity contribution < 1.29 is 9.53 Å². The van der Waals surface area contributed by atoms with Crippen LogP contribution in [0.5, 0.6) is 0 Å². The van der Waals surface area contributed by atoms with Gasteiger partial charge in [0.1, 0.15) is 0 Å². The van der Waals surface area contributed by atoms with Crippen molar-refractivity contribution >= 4 is 5.97 Å². The van der Waals surface area contributed by atoms with Gasteiger partial charge in [-0.05, 0) is 6.92 Å². The van der Waals surface area contributed by atoms with Crippen LogP contribution in [0.3, 0.4) is 0 Å². The van der Waals surface area contributed by atoms with Crippen LogP contribution in [0.2, 0.25) is 0 Å². The normalized spacial score (nSPS) is 8.14. The van der Waals surface area contributed by atoms with Crippen LogP contribution in [0.4, 0.5) is 0 Å². The van der Waals surface area contributed by atoms with Crippen LogP contribution in [0.25, 0.3) is 0 Å². The number of rotatable bonds is 2. The zero-order valence-electron chi connectivity index (χ0n) is 4.44. The molecule has 0 rings (SSSR count). The lowest BCUT2D eigenvalue weighted by molar-refractivity contribution is -0.142. The van der Waals surface area contributed by atoms with E-state index < -0.39 is 0 Å². The zero-order chi connectivity index (χ0) is 5.70. The smallest absolute Gasteiger partial charge is 0.351 e. The van der Waals surface area contributed by atoms with Gasteiger partial charge >= 0.3 is 5.97 Å². The van der Waals surface area contributed by atoms with Gasteiger partial charge in [-0.1, -0.05) is 0 Å². The van der Waals surface area contributed by atoms with E-state index in [0.29, 0.717) is 6.61 Å². The molecule has 0 aromatic rings. The van der Waals surface area contributed by atoms with Crippen LogP contribution in [-0.2, 0) is 9.53 Å². The van der Waals surface area contributed by atoms with E-state index in [0.717, 1.165) is 0 Å². The van der Waals surface area contributed by atoms with E-state index in [1.54, 1.807) is 6.92 Å². The Hall–Kier alpha value is -0.660. The summed E-state index contributed by atoms with van der Waals surface area (Å²) in [5.41, 5.74) is 0. The highest BCUT2D eigenvalue weighted by Crippen LogP contribution is 1.80. The van der Waals surface area contributed by atoms with Crippen LogP contribution in [0, 0.1) is 6.92 Å². The molecule has 0 aromatic carbocycles. The van der Waals surface area contributed by atoms with E-state index in [9.17, 15) is 4.79 Å². The van der Waals surface area contributed by atoms with Gasteiger partial charge in [-0.2, -0.15) is 0 Å². The van der Waals surface area contributed by atoms with Crippen LogP contribution in [-0.4, -0.2) is 12.6 Å². The van der Waals surface area contributed by atoms with Crippen LogP contribution < -0.4 is 0 Å². The number of carbonyl (C=O) groups excluding carboxylic acids is 1. The first-order valence-corrected chi connectivity index (χ1v) is 2.26. The van der Waals surface area contributed by atoms with Crippen molar-refractivity contribution in [2.24, 2.45) is 0 Å². The topological polar surface area (TPSA) is 26.3 Å². The number of carbonyl (C=O) groups is 1. The Morgan fingerprint density at radius 3 is 2.57 bits per heavy atom. The summed E-state index contributed by atoms with van der Waals surface area (Å²) in [4.78, 5) is 10.1. The molecular formula is C5H9O2+. The third kappa shape index (κ3) is 3.16. The number of esters is 1. The fraction of sp³-hybridized carbons (Fsp3) is 0.600. The maximum Gasteiger partial charge on any atom is 0.351 e. The molecule has 0 spiro atoms. The number of hydrogen-bond donors (Lipinski definition) is 0. The molecule has 0 aromatic heterocycles. The van der Waals surface area contributed by atoms with E-state index in [-0.39, 0.29) is 12.4 Å². The molecule has 0 aliphatic heterocycles. The predicted octanol–water partition coefficient (Wildman–Crippen LogP) is 0.774. The zero-order valence-corrected chi connectivity index (χ0v) is 4.44. The first kappa shape index (κ1) is 6.34. The summed E-state index contributed by atoms with van der Waals surface area (Å²) in [5.74, 6) is -0.234. The Bertz CT molecular complexity index is 59.1. The Morgan fingerprint density at radius 1 is 1.86 bits per heavy atom. The second-order valence-corrected chi connectivity index (χ2v) is 1.06. The molecule has 0 aliphatic rings. The molecule has 0 saturated heterocycles. The lowest BCUT2D eigenvalue weighted by Gasteiger charge is -1.90. The molecule has 2 heteroatoms. The van der Waals surface area contributed by atoms with E-state index >= 15 is 0 Å². The van der Waals surface area contributed by atoms with Crippen molar-refractivity contribution in [2.45, 2.75) is 13.3 Å². The highest BCUT2D eigenvalue weighted by molar-refractivity contribution is 5.69. The third-order valence-electron chi connectivity index (χ3n) is 0.509. The van der Waals surface area contributed by atoms with Gasteiger partial charge in [0.05, 0.1) is 13.5 Å². The molecular weight excluding hydrogens is 92.1 g/mol. The van der Waals surface area contributed by atoms with E-state index in [1.807, 2.05) is 0 Å². The van der Waals surface area contributed by atoms with Gasteiger partial charge in [-0.25, -0.2) is 4.79 Å². The molecule has 0 heterocycles. The SMILES string of the molecule is [CH2+]CC(=O)OCC. The quantitative estimate of drug-likeness (QED) is 0.379. The summed E-state index contributed by atoms with van der Waals surface area (Å²) >= 11 is 0. The second-order valence-electron chi connectivity index (χ2n) is 1.06. The van der Waals surface area contributed by atoms with E-state index in [2.05, 4.69) is 11.7 Å². The number of hydrogen-bond acceptors (Lipinski definition) is 2. The lowest BCUT2D eigenvalue weighted by Crippen LogP contribution is -2.00. The second kappa shape index (κ2) is 3.53. The minimum absolute atomic E-state index is 0.230. The summed E-state index contributed by atoms with van der Waals surface area (Å²) in [6, 6.07) is 0. The molecule has 0 N–H and O–H groups in total. The van der Waals surface area contributed by atoms with Crippen molar-refractivity contribution in [1.82, 2.24) is 0 Å². The summed E-state index contributed by atoms with van der Waals surface area (Å²) in [7, 11) is 0. The molecule has 0 fully saturated rings. The molecule has 0 bridgehead atoms. The molecule has 0 amide bonds. The van der Waals surface area contributed by atoms with Gasteiger partial charge in [0.2, 0.25) is 0 Å². The highest BCUT2D eigenvalue weighted by Gasteiger charge is 1.97. The summed E-state index contributed by atoms with van der Waals surface area (Å²) in [5, 5.41) is 0. The monoisotopic (exact) mass is 101 g/mol. The molecule has 0 radical (unpaired) electrons. The Kier molecular flexibility index (Phi) is 3.19. The van der Waals surface area contributed by atoms with Crippen molar-refractivity contribution in [2.75, 3.05) is 6.61 Å². The molecule has 7 heavy (non-hydrogen) atoms. The van der Waals surface area contributed by atoms with Crippen molar-refractivity contribution in [3.05, 3.63) is 6.92 Å². The summed E-state index contributed by atoms with van der Waals surface area (Å²) in [6.07, 6.45) is 0.230. The Morgan fingerprint density at radius 2 is 2.43 bits per heavy atom. The van der Waals surface area contributed by atoms with Gasteiger partial charge in [0.15, 0.2) is 6.42 Å². The highest BCUT2D eigenvalue weighted by atomic mass is 16.5. The molecule has 0 aliphatic carbocycles. The molecule has 0 saturated carbocycles. The average molecular weight is 101 g/mol. The molecule has 0 atom stereocenters. The fourth-order valence-corrected chi connectivity index (χ4v) is 0.233. The minimum atomic E-state index is -0.234. The third-order valence-corrected chi connectivity index (χ3v) is 0.509. The average Bonchev–Trinajstić information content (AvgIpc) is 1.68. The van der Waals surface area contributed by atoms with Gasteiger partial charge in [0, 0.05) is 0 Å². The summed E-state index contributed by atoms with van der Waals surface area (Å²) < 4.78 is 4.49. The molecule has 0 unspecified atom stereocenters. The standard InChI is InChI=1S/C5H9O2/c1-3-5(6)7-4-2/h1,3-4H2,2H3/q+1. The van der Waals surface area contributed by atoms with E-state index in [4.69, 9.17) is 0 Å². The van der Waals surface area contributed by atoms with Crippen LogP contribution in [0.15, 0.2) is 0 Å². The first-order valence-electron chi connectivity index (χ1n) is 2.26. The molecule has 40 valence electrons. The van der Waals surface area contributed by atoms with Crippen LogP contribution in [0.1, 0.15) is 13.3 Å². The van der Waals surface area contributed by atoms with E-state index in [1.165, 1.54) is 0 Å². The van der Waals surface area contributed by atoms with Gasteiger partial charge < -0.3 is 4.74 Å².